The molecule has 1 aromatic carbocycles. The monoisotopic (exact) mass is 484 g/mol. The molecule has 2 amide bonds. The fourth-order valence-electron chi connectivity index (χ4n) is 2.73. The summed E-state index contributed by atoms with van der Waals surface area (Å²) in [5.41, 5.74) is 1.14. The minimum absolute atomic E-state index is 0.126. The van der Waals surface area contributed by atoms with Gasteiger partial charge < -0.3 is 10.6 Å². The standard InChI is InChI=1S/C20H14BrClN6O2/c1-3-12-7-11(10-23)8-13(19(29)24-2)17(12)26-20(30)15-9-16(21)27-28(15)18-14(22)5-4-6-25-18/h3-9H,1H2,2H3,(H,24,29)(H,26,30). The second-order valence-electron chi connectivity index (χ2n) is 5.91. The normalized spacial score (nSPS) is 10.2. The molecule has 0 radical (unpaired) electrons. The lowest BCUT2D eigenvalue weighted by Gasteiger charge is -2.15. The maximum atomic E-state index is 13.1. The molecule has 2 heterocycles. The van der Waals surface area contributed by atoms with E-state index in [0.29, 0.717) is 15.2 Å². The van der Waals surface area contributed by atoms with E-state index >= 15 is 0 Å². The molecule has 0 bridgehead atoms. The van der Waals surface area contributed by atoms with E-state index in [9.17, 15) is 14.9 Å². The van der Waals surface area contributed by atoms with E-state index < -0.39 is 11.8 Å². The van der Waals surface area contributed by atoms with Crippen molar-refractivity contribution in [3.05, 3.63) is 75.1 Å². The predicted molar refractivity (Wildman–Crippen MR) is 117 cm³/mol. The van der Waals surface area contributed by atoms with E-state index in [-0.39, 0.29) is 28.3 Å². The molecular weight excluding hydrogens is 472 g/mol. The Bertz CT molecular complexity index is 1210. The molecule has 150 valence electrons. The summed E-state index contributed by atoms with van der Waals surface area (Å²) < 4.78 is 1.68. The molecule has 0 spiro atoms. The highest BCUT2D eigenvalue weighted by Gasteiger charge is 2.22. The topological polar surface area (TPSA) is 113 Å². The number of nitrogens with zero attached hydrogens (tertiary/aromatic N) is 4. The van der Waals surface area contributed by atoms with Crippen molar-refractivity contribution in [3.63, 3.8) is 0 Å². The molecule has 10 heteroatoms. The number of aromatic nitrogens is 3. The van der Waals surface area contributed by atoms with Crippen LogP contribution in [-0.4, -0.2) is 33.6 Å². The van der Waals surface area contributed by atoms with Gasteiger partial charge in [0.1, 0.15) is 10.3 Å². The lowest BCUT2D eigenvalue weighted by atomic mass is 10.0. The van der Waals surface area contributed by atoms with Crippen LogP contribution in [0.25, 0.3) is 11.9 Å². The summed E-state index contributed by atoms with van der Waals surface area (Å²) in [6.07, 6.45) is 2.98. The number of carbonyl (C=O) groups excluding carboxylic acids is 2. The molecule has 3 rings (SSSR count). The second kappa shape index (κ2) is 8.90. The summed E-state index contributed by atoms with van der Waals surface area (Å²) in [4.78, 5) is 29.7. The highest BCUT2D eigenvalue weighted by molar-refractivity contribution is 9.10. The third-order valence-corrected chi connectivity index (χ3v) is 4.76. The van der Waals surface area contributed by atoms with Gasteiger partial charge >= 0.3 is 0 Å². The third kappa shape index (κ3) is 4.10. The molecule has 0 atom stereocenters. The minimum atomic E-state index is -0.562. The highest BCUT2D eigenvalue weighted by Crippen LogP contribution is 2.27. The SMILES string of the molecule is C=Cc1cc(C#N)cc(C(=O)NC)c1NC(=O)c1cc(Br)nn1-c1ncccc1Cl. The molecule has 3 aromatic rings. The Balaban J connectivity index is 2.10. The fraction of sp³-hybridized carbons (Fsp3) is 0.0500. The first-order valence-corrected chi connectivity index (χ1v) is 9.67. The molecule has 0 aliphatic carbocycles. The molecule has 0 unspecified atom stereocenters. The van der Waals surface area contributed by atoms with Crippen LogP contribution < -0.4 is 10.6 Å². The number of hydrogen-bond acceptors (Lipinski definition) is 5. The second-order valence-corrected chi connectivity index (χ2v) is 7.13. The van der Waals surface area contributed by atoms with Crippen LogP contribution in [0.1, 0.15) is 32.0 Å². The van der Waals surface area contributed by atoms with Crippen LogP contribution in [-0.2, 0) is 0 Å². The van der Waals surface area contributed by atoms with Crippen molar-refractivity contribution in [2.24, 2.45) is 0 Å². The van der Waals surface area contributed by atoms with Gasteiger partial charge in [0, 0.05) is 19.3 Å². The zero-order chi connectivity index (χ0) is 21.8. The number of amides is 2. The molecule has 0 aliphatic rings. The zero-order valence-electron chi connectivity index (χ0n) is 15.6. The smallest absolute Gasteiger partial charge is 0.274 e. The predicted octanol–water partition coefficient (Wildman–Crippen LogP) is 3.81. The molecule has 0 saturated carbocycles. The average Bonchev–Trinajstić information content (AvgIpc) is 3.14. The number of halogens is 2. The number of hydrogen-bond donors (Lipinski definition) is 2. The Kier molecular flexibility index (Phi) is 6.30. The summed E-state index contributed by atoms with van der Waals surface area (Å²) in [7, 11) is 1.45. The number of nitriles is 1. The van der Waals surface area contributed by atoms with Gasteiger partial charge in [0.15, 0.2) is 5.82 Å². The molecule has 0 saturated heterocycles. The lowest BCUT2D eigenvalue weighted by Crippen LogP contribution is -2.24. The van der Waals surface area contributed by atoms with Crippen LogP contribution in [0.3, 0.4) is 0 Å². The van der Waals surface area contributed by atoms with E-state index in [2.05, 4.69) is 43.2 Å². The number of pyridine rings is 1. The van der Waals surface area contributed by atoms with Gasteiger partial charge in [-0.15, -0.1) is 0 Å². The molecule has 8 nitrogen and oxygen atoms in total. The number of rotatable bonds is 5. The first-order chi connectivity index (χ1) is 14.4. The zero-order valence-corrected chi connectivity index (χ0v) is 18.0. The molecule has 0 aliphatic heterocycles. The van der Waals surface area contributed by atoms with Crippen LogP contribution in [0, 0.1) is 11.3 Å². The van der Waals surface area contributed by atoms with Crippen molar-refractivity contribution in [2.75, 3.05) is 12.4 Å². The van der Waals surface area contributed by atoms with E-state index in [1.807, 2.05) is 6.07 Å². The summed E-state index contributed by atoms with van der Waals surface area (Å²) in [6, 6.07) is 9.69. The van der Waals surface area contributed by atoms with Crippen molar-refractivity contribution in [1.82, 2.24) is 20.1 Å². The Morgan fingerprint density at radius 3 is 2.73 bits per heavy atom. The van der Waals surface area contributed by atoms with Gasteiger partial charge in [0.2, 0.25) is 0 Å². The van der Waals surface area contributed by atoms with Crippen molar-refractivity contribution >= 4 is 51.1 Å². The van der Waals surface area contributed by atoms with E-state index in [1.54, 1.807) is 12.1 Å². The van der Waals surface area contributed by atoms with Crippen LogP contribution in [0.4, 0.5) is 5.69 Å². The lowest BCUT2D eigenvalue weighted by molar-refractivity contribution is 0.0964. The van der Waals surface area contributed by atoms with E-state index in [0.717, 1.165) is 0 Å². The summed E-state index contributed by atoms with van der Waals surface area (Å²) in [6.45, 7) is 3.71. The van der Waals surface area contributed by atoms with E-state index in [4.69, 9.17) is 11.6 Å². The highest BCUT2D eigenvalue weighted by atomic mass is 79.9. The van der Waals surface area contributed by atoms with Gasteiger partial charge in [-0.2, -0.15) is 10.4 Å². The van der Waals surface area contributed by atoms with Gasteiger partial charge in [0.05, 0.1) is 27.9 Å². The van der Waals surface area contributed by atoms with Crippen molar-refractivity contribution < 1.29 is 9.59 Å². The maximum absolute atomic E-state index is 13.1. The molecule has 0 fully saturated rings. The average molecular weight is 486 g/mol. The number of benzene rings is 1. The van der Waals surface area contributed by atoms with Crippen molar-refractivity contribution in [2.45, 2.75) is 0 Å². The van der Waals surface area contributed by atoms with Crippen LogP contribution >= 0.6 is 27.5 Å². The van der Waals surface area contributed by atoms with Gasteiger partial charge in [-0.3, -0.25) is 9.59 Å². The molecule has 2 aromatic heterocycles. The first kappa shape index (κ1) is 21.2. The Hall–Kier alpha value is -3.48. The number of anilines is 1. The van der Waals surface area contributed by atoms with Crippen molar-refractivity contribution in [3.8, 4) is 11.9 Å². The maximum Gasteiger partial charge on any atom is 0.274 e. The quantitative estimate of drug-likeness (QED) is 0.571. The summed E-state index contributed by atoms with van der Waals surface area (Å²) in [5.74, 6) is -0.758. The van der Waals surface area contributed by atoms with Gasteiger partial charge in [-0.05, 0) is 45.8 Å². The molecular formula is C20H14BrClN6O2. The molecule has 2 N–H and O–H groups in total. The number of carbonyl (C=O) groups is 2. The Morgan fingerprint density at radius 1 is 1.33 bits per heavy atom. The van der Waals surface area contributed by atoms with Crippen LogP contribution in [0.2, 0.25) is 5.02 Å². The van der Waals surface area contributed by atoms with E-state index in [1.165, 1.54) is 42.2 Å². The van der Waals surface area contributed by atoms with Crippen LogP contribution in [0.5, 0.6) is 0 Å². The fourth-order valence-corrected chi connectivity index (χ4v) is 3.31. The van der Waals surface area contributed by atoms with Gasteiger partial charge in [-0.25, -0.2) is 9.67 Å². The number of nitrogens with one attached hydrogen (secondary N) is 2. The summed E-state index contributed by atoms with van der Waals surface area (Å²) >= 11 is 9.46. The minimum Gasteiger partial charge on any atom is -0.355 e. The first-order valence-electron chi connectivity index (χ1n) is 8.50. The Morgan fingerprint density at radius 2 is 2.10 bits per heavy atom. The van der Waals surface area contributed by atoms with Gasteiger partial charge in [-0.1, -0.05) is 24.3 Å². The third-order valence-electron chi connectivity index (χ3n) is 4.08. The van der Waals surface area contributed by atoms with Crippen molar-refractivity contribution in [1.29, 1.82) is 5.26 Å². The molecule has 30 heavy (non-hydrogen) atoms. The Labute approximate surface area is 185 Å². The van der Waals surface area contributed by atoms with Crippen LogP contribution in [0.15, 0.2) is 47.7 Å². The summed E-state index contributed by atoms with van der Waals surface area (Å²) in [5, 5.41) is 19.0. The largest absolute Gasteiger partial charge is 0.355 e. The van der Waals surface area contributed by atoms with Gasteiger partial charge in [0.25, 0.3) is 11.8 Å².